The van der Waals surface area contributed by atoms with Crippen LogP contribution in [0.5, 0.6) is 0 Å². The fourth-order valence-electron chi connectivity index (χ4n) is 2.25. The highest BCUT2D eigenvalue weighted by Crippen LogP contribution is 2.22. The van der Waals surface area contributed by atoms with Crippen LogP contribution in [0.3, 0.4) is 0 Å². The van der Waals surface area contributed by atoms with E-state index in [1.165, 1.54) is 0 Å². The molecule has 1 rings (SSSR count). The van der Waals surface area contributed by atoms with Crippen LogP contribution in [0.2, 0.25) is 0 Å². The minimum absolute atomic E-state index is 0.407. The normalized spacial score (nSPS) is 33.6. The molecule has 2 unspecified atom stereocenters. The van der Waals surface area contributed by atoms with Crippen LogP contribution in [-0.2, 0) is 4.74 Å². The first-order chi connectivity index (χ1) is 6.63. The summed E-state index contributed by atoms with van der Waals surface area (Å²) in [7, 11) is 2.20. The molecule has 84 valence electrons. The largest absolute Gasteiger partial charge is 0.375 e. The van der Waals surface area contributed by atoms with Crippen molar-refractivity contribution in [1.29, 1.82) is 0 Å². The Kier molecular flexibility index (Phi) is 4.85. The quantitative estimate of drug-likeness (QED) is 0.741. The average Bonchev–Trinajstić information content (AvgIpc) is 2.12. The van der Waals surface area contributed by atoms with E-state index < -0.39 is 0 Å². The Morgan fingerprint density at radius 1 is 1.29 bits per heavy atom. The van der Waals surface area contributed by atoms with E-state index in [0.717, 1.165) is 32.4 Å². The van der Waals surface area contributed by atoms with Crippen molar-refractivity contribution in [2.24, 2.45) is 5.73 Å². The molecule has 0 radical (unpaired) electrons. The molecule has 0 aromatic carbocycles. The van der Waals surface area contributed by atoms with Gasteiger partial charge in [0.15, 0.2) is 0 Å². The van der Waals surface area contributed by atoms with E-state index in [1.807, 2.05) is 0 Å². The molecule has 0 aromatic heterocycles. The van der Waals surface area contributed by atoms with Gasteiger partial charge in [-0.25, -0.2) is 0 Å². The zero-order valence-corrected chi connectivity index (χ0v) is 9.70. The smallest absolute Gasteiger partial charge is 0.0565 e. The standard InChI is InChI=1S/C11H24N2O/c1-9-7-11(8-10(2)14-9)13(3)6-4-5-12/h9-11H,4-8,12H2,1-3H3. The molecule has 0 aliphatic carbocycles. The molecule has 0 spiro atoms. The van der Waals surface area contributed by atoms with Gasteiger partial charge in [-0.1, -0.05) is 0 Å². The fourth-order valence-corrected chi connectivity index (χ4v) is 2.25. The second kappa shape index (κ2) is 5.69. The van der Waals surface area contributed by atoms with Gasteiger partial charge in [0.25, 0.3) is 0 Å². The molecule has 0 amide bonds. The first-order valence-electron chi connectivity index (χ1n) is 5.69. The van der Waals surface area contributed by atoms with Gasteiger partial charge >= 0.3 is 0 Å². The lowest BCUT2D eigenvalue weighted by molar-refractivity contribution is -0.0612. The molecular formula is C11H24N2O. The highest BCUT2D eigenvalue weighted by molar-refractivity contribution is 4.79. The predicted molar refractivity (Wildman–Crippen MR) is 59.3 cm³/mol. The third-order valence-electron chi connectivity index (χ3n) is 3.01. The maximum Gasteiger partial charge on any atom is 0.0565 e. The molecule has 14 heavy (non-hydrogen) atoms. The maximum atomic E-state index is 5.72. The third-order valence-corrected chi connectivity index (χ3v) is 3.01. The van der Waals surface area contributed by atoms with Gasteiger partial charge in [-0.2, -0.15) is 0 Å². The van der Waals surface area contributed by atoms with Gasteiger partial charge in [-0.05, 0) is 53.2 Å². The van der Waals surface area contributed by atoms with E-state index >= 15 is 0 Å². The van der Waals surface area contributed by atoms with Crippen LogP contribution in [0.25, 0.3) is 0 Å². The summed E-state index contributed by atoms with van der Waals surface area (Å²) in [5, 5.41) is 0. The fraction of sp³-hybridized carbons (Fsp3) is 1.00. The van der Waals surface area contributed by atoms with Crippen molar-refractivity contribution < 1.29 is 4.74 Å². The van der Waals surface area contributed by atoms with Crippen molar-refractivity contribution in [2.45, 2.75) is 51.4 Å². The molecule has 0 aromatic rings. The van der Waals surface area contributed by atoms with E-state index in [9.17, 15) is 0 Å². The number of hydrogen-bond acceptors (Lipinski definition) is 3. The number of nitrogens with zero attached hydrogens (tertiary/aromatic N) is 1. The number of hydrogen-bond donors (Lipinski definition) is 1. The van der Waals surface area contributed by atoms with Crippen LogP contribution in [0.15, 0.2) is 0 Å². The molecule has 1 heterocycles. The zero-order chi connectivity index (χ0) is 10.6. The van der Waals surface area contributed by atoms with Crippen LogP contribution >= 0.6 is 0 Å². The first kappa shape index (κ1) is 12.0. The van der Waals surface area contributed by atoms with Crippen LogP contribution in [0.4, 0.5) is 0 Å². The summed E-state index contributed by atoms with van der Waals surface area (Å²) < 4.78 is 5.72. The minimum atomic E-state index is 0.407. The van der Waals surface area contributed by atoms with Gasteiger partial charge < -0.3 is 15.4 Å². The summed E-state index contributed by atoms with van der Waals surface area (Å²) >= 11 is 0. The Bertz CT molecular complexity index is 153. The molecule has 0 bridgehead atoms. The lowest BCUT2D eigenvalue weighted by Crippen LogP contribution is -2.43. The molecule has 0 saturated carbocycles. The maximum absolute atomic E-state index is 5.72. The Labute approximate surface area is 87.6 Å². The van der Waals surface area contributed by atoms with Crippen molar-refractivity contribution in [3.63, 3.8) is 0 Å². The summed E-state index contributed by atoms with van der Waals surface area (Å²) in [6.07, 6.45) is 4.22. The zero-order valence-electron chi connectivity index (χ0n) is 9.70. The van der Waals surface area contributed by atoms with Gasteiger partial charge in [0, 0.05) is 6.04 Å². The Hall–Kier alpha value is -0.120. The molecular weight excluding hydrogens is 176 g/mol. The molecule has 1 fully saturated rings. The average molecular weight is 200 g/mol. The number of nitrogens with two attached hydrogens (primary N) is 1. The molecule has 2 N–H and O–H groups in total. The summed E-state index contributed by atoms with van der Waals surface area (Å²) in [6.45, 7) is 6.23. The minimum Gasteiger partial charge on any atom is -0.375 e. The predicted octanol–water partition coefficient (Wildman–Crippen LogP) is 1.22. The monoisotopic (exact) mass is 200 g/mol. The van der Waals surface area contributed by atoms with Crippen LogP contribution < -0.4 is 5.73 Å². The molecule has 1 aliphatic rings. The van der Waals surface area contributed by atoms with Crippen molar-refractivity contribution in [3.8, 4) is 0 Å². The molecule has 1 aliphatic heterocycles. The molecule has 3 nitrogen and oxygen atoms in total. The van der Waals surface area contributed by atoms with Gasteiger partial charge in [-0.15, -0.1) is 0 Å². The molecule has 1 saturated heterocycles. The van der Waals surface area contributed by atoms with Gasteiger partial charge in [-0.3, -0.25) is 0 Å². The number of ether oxygens (including phenoxy) is 1. The number of rotatable bonds is 4. The van der Waals surface area contributed by atoms with Crippen molar-refractivity contribution in [1.82, 2.24) is 4.90 Å². The van der Waals surface area contributed by atoms with Gasteiger partial charge in [0.2, 0.25) is 0 Å². The van der Waals surface area contributed by atoms with Crippen LogP contribution in [0.1, 0.15) is 33.1 Å². The van der Waals surface area contributed by atoms with Crippen LogP contribution in [0, 0.1) is 0 Å². The lowest BCUT2D eigenvalue weighted by Gasteiger charge is -2.37. The van der Waals surface area contributed by atoms with E-state index in [4.69, 9.17) is 10.5 Å². The Morgan fingerprint density at radius 2 is 1.86 bits per heavy atom. The highest BCUT2D eigenvalue weighted by atomic mass is 16.5. The summed E-state index contributed by atoms with van der Waals surface area (Å²) in [4.78, 5) is 2.43. The Balaban J connectivity index is 2.34. The SMILES string of the molecule is CC1CC(N(C)CCCN)CC(C)O1. The van der Waals surface area contributed by atoms with Gasteiger partial charge in [0.1, 0.15) is 0 Å². The molecule has 2 atom stereocenters. The van der Waals surface area contributed by atoms with Crippen molar-refractivity contribution in [2.75, 3.05) is 20.1 Å². The van der Waals surface area contributed by atoms with E-state index in [0.29, 0.717) is 18.2 Å². The molecule has 3 heteroatoms. The second-order valence-electron chi connectivity index (χ2n) is 4.51. The van der Waals surface area contributed by atoms with Crippen molar-refractivity contribution >= 4 is 0 Å². The topological polar surface area (TPSA) is 38.5 Å². The summed E-state index contributed by atoms with van der Waals surface area (Å²) in [5.41, 5.74) is 5.51. The summed E-state index contributed by atoms with van der Waals surface area (Å²) in [6, 6.07) is 0.681. The van der Waals surface area contributed by atoms with E-state index in [-0.39, 0.29) is 0 Å². The van der Waals surface area contributed by atoms with E-state index in [1.54, 1.807) is 0 Å². The van der Waals surface area contributed by atoms with Crippen LogP contribution in [-0.4, -0.2) is 43.3 Å². The highest BCUT2D eigenvalue weighted by Gasteiger charge is 2.26. The first-order valence-corrected chi connectivity index (χ1v) is 5.69. The Morgan fingerprint density at radius 3 is 2.36 bits per heavy atom. The third kappa shape index (κ3) is 3.56. The van der Waals surface area contributed by atoms with E-state index in [2.05, 4.69) is 25.8 Å². The van der Waals surface area contributed by atoms with Crippen molar-refractivity contribution in [3.05, 3.63) is 0 Å². The summed E-state index contributed by atoms with van der Waals surface area (Å²) in [5.74, 6) is 0. The van der Waals surface area contributed by atoms with Gasteiger partial charge in [0.05, 0.1) is 12.2 Å². The lowest BCUT2D eigenvalue weighted by atomic mass is 9.98. The second-order valence-corrected chi connectivity index (χ2v) is 4.51.